The predicted octanol–water partition coefficient (Wildman–Crippen LogP) is 3.84. The molecule has 5 heteroatoms. The molecule has 1 saturated heterocycles. The third-order valence-corrected chi connectivity index (χ3v) is 3.74. The van der Waals surface area contributed by atoms with Gasteiger partial charge in [-0.05, 0) is 51.3 Å². The van der Waals surface area contributed by atoms with E-state index in [1.54, 1.807) is 0 Å². The smallest absolute Gasteiger partial charge is 0.412 e. The number of halogens is 1. The highest BCUT2D eigenvalue weighted by atomic mass is 79.9. The Bertz CT molecular complexity index is 481. The van der Waals surface area contributed by atoms with Crippen LogP contribution in [0.5, 0.6) is 0 Å². The van der Waals surface area contributed by atoms with Crippen LogP contribution in [0.2, 0.25) is 0 Å². The summed E-state index contributed by atoms with van der Waals surface area (Å²) < 4.78 is 6.37. The Morgan fingerprint density at radius 2 is 1.90 bits per heavy atom. The van der Waals surface area contributed by atoms with Gasteiger partial charge in [0.2, 0.25) is 0 Å². The molecular formula is C15H20BrNO3. The summed E-state index contributed by atoms with van der Waals surface area (Å²) in [6, 6.07) is 7.67. The van der Waals surface area contributed by atoms with Crippen molar-refractivity contribution in [3.05, 3.63) is 34.3 Å². The van der Waals surface area contributed by atoms with Crippen molar-refractivity contribution < 1.29 is 14.6 Å². The fraction of sp³-hybridized carbons (Fsp3) is 0.533. The van der Waals surface area contributed by atoms with E-state index in [2.05, 4.69) is 15.9 Å². The monoisotopic (exact) mass is 341 g/mol. The molecule has 2 atom stereocenters. The van der Waals surface area contributed by atoms with Crippen LogP contribution in [0, 0.1) is 0 Å². The highest BCUT2D eigenvalue weighted by Crippen LogP contribution is 2.36. The molecule has 1 heterocycles. The molecule has 110 valence electrons. The summed E-state index contributed by atoms with van der Waals surface area (Å²) >= 11 is 3.40. The molecule has 0 bridgehead atoms. The van der Waals surface area contributed by atoms with E-state index in [9.17, 15) is 9.90 Å². The first-order chi connectivity index (χ1) is 9.28. The van der Waals surface area contributed by atoms with Crippen molar-refractivity contribution in [1.82, 2.24) is 4.90 Å². The molecule has 0 saturated carbocycles. The Labute approximate surface area is 127 Å². The van der Waals surface area contributed by atoms with Crippen LogP contribution in [0.3, 0.4) is 0 Å². The summed E-state index contributed by atoms with van der Waals surface area (Å²) in [5.74, 6) is 0. The number of nitrogens with zero attached hydrogens (tertiary/aromatic N) is 1. The molecule has 4 nitrogen and oxygen atoms in total. The summed E-state index contributed by atoms with van der Waals surface area (Å²) in [6.45, 7) is 5.46. The Morgan fingerprint density at radius 3 is 2.45 bits per heavy atom. The van der Waals surface area contributed by atoms with Crippen molar-refractivity contribution in [1.29, 1.82) is 0 Å². The van der Waals surface area contributed by atoms with Gasteiger partial charge in [-0.15, -0.1) is 0 Å². The van der Waals surface area contributed by atoms with Gasteiger partial charge in [0, 0.05) is 4.47 Å². The maximum absolute atomic E-state index is 12.3. The van der Waals surface area contributed by atoms with E-state index in [4.69, 9.17) is 4.74 Å². The number of amides is 1. The Balaban J connectivity index is 2.20. The number of hydrogen-bond acceptors (Lipinski definition) is 3. The number of hydrogen-bond donors (Lipinski definition) is 1. The van der Waals surface area contributed by atoms with Crippen LogP contribution in [0.4, 0.5) is 4.79 Å². The average Bonchev–Trinajstić information content (AvgIpc) is 2.70. The second kappa shape index (κ2) is 5.74. The lowest BCUT2D eigenvalue weighted by Crippen LogP contribution is -2.41. The number of carbonyl (C=O) groups is 1. The summed E-state index contributed by atoms with van der Waals surface area (Å²) in [7, 11) is 0. The first-order valence-corrected chi connectivity index (χ1v) is 7.52. The van der Waals surface area contributed by atoms with Gasteiger partial charge in [0.25, 0.3) is 0 Å². The summed E-state index contributed by atoms with van der Waals surface area (Å²) in [5, 5.41) is 10.1. The van der Waals surface area contributed by atoms with E-state index in [-0.39, 0.29) is 6.04 Å². The molecule has 20 heavy (non-hydrogen) atoms. The van der Waals surface area contributed by atoms with Gasteiger partial charge in [-0.25, -0.2) is 4.79 Å². The number of likely N-dealkylation sites (tertiary alicyclic amines) is 1. The number of rotatable bonds is 1. The van der Waals surface area contributed by atoms with E-state index >= 15 is 0 Å². The number of aliphatic hydroxyl groups excluding tert-OH is 1. The van der Waals surface area contributed by atoms with E-state index in [1.165, 1.54) is 4.90 Å². The minimum absolute atomic E-state index is 0.132. The minimum atomic E-state index is -0.779. The van der Waals surface area contributed by atoms with Gasteiger partial charge in [0.1, 0.15) is 11.8 Å². The van der Waals surface area contributed by atoms with Crippen LogP contribution in [-0.2, 0) is 4.74 Å². The van der Waals surface area contributed by atoms with Crippen molar-refractivity contribution in [3.8, 4) is 0 Å². The van der Waals surface area contributed by atoms with E-state index in [0.717, 1.165) is 16.5 Å². The van der Waals surface area contributed by atoms with Crippen LogP contribution in [0.15, 0.2) is 28.7 Å². The molecule has 0 radical (unpaired) electrons. The molecule has 1 aliphatic heterocycles. The largest absolute Gasteiger partial charge is 0.444 e. The second-order valence-electron chi connectivity index (χ2n) is 6.01. The molecule has 1 aromatic carbocycles. The Hall–Kier alpha value is -1.07. The number of ether oxygens (including phenoxy) is 1. The molecule has 0 aliphatic carbocycles. The van der Waals surface area contributed by atoms with E-state index < -0.39 is 17.9 Å². The summed E-state index contributed by atoms with van der Waals surface area (Å²) in [5.41, 5.74) is 0.444. The van der Waals surface area contributed by atoms with Crippen molar-refractivity contribution >= 4 is 22.0 Å². The molecule has 2 rings (SSSR count). The zero-order valence-electron chi connectivity index (χ0n) is 12.0. The molecule has 1 N–H and O–H groups in total. The second-order valence-corrected chi connectivity index (χ2v) is 6.93. The standard InChI is InChI=1S/C15H20BrNO3/c1-15(2,3)20-14(19)17-12(8-9-13(17)18)10-4-6-11(16)7-5-10/h4-7,12-13,18H,8-9H2,1-3H3/t12-,13-/m0/s1. The normalized spacial score (nSPS) is 22.9. The van der Waals surface area contributed by atoms with Crippen molar-refractivity contribution in [2.45, 2.75) is 51.5 Å². The third kappa shape index (κ3) is 3.52. The molecule has 0 aromatic heterocycles. The lowest BCUT2D eigenvalue weighted by molar-refractivity contribution is -0.0246. The van der Waals surface area contributed by atoms with Gasteiger partial charge >= 0.3 is 6.09 Å². The maximum Gasteiger partial charge on any atom is 0.412 e. The highest BCUT2D eigenvalue weighted by molar-refractivity contribution is 9.10. The van der Waals surface area contributed by atoms with Crippen molar-refractivity contribution in [3.63, 3.8) is 0 Å². The van der Waals surface area contributed by atoms with Crippen LogP contribution in [0.1, 0.15) is 45.2 Å². The van der Waals surface area contributed by atoms with Gasteiger partial charge < -0.3 is 9.84 Å². The highest BCUT2D eigenvalue weighted by Gasteiger charge is 2.39. The molecule has 0 unspecified atom stereocenters. The zero-order valence-corrected chi connectivity index (χ0v) is 13.6. The fourth-order valence-electron chi connectivity index (χ4n) is 2.37. The van der Waals surface area contributed by atoms with Crippen molar-refractivity contribution in [2.24, 2.45) is 0 Å². The quantitative estimate of drug-likeness (QED) is 0.844. The zero-order chi connectivity index (χ0) is 14.9. The third-order valence-electron chi connectivity index (χ3n) is 3.21. The van der Waals surface area contributed by atoms with Gasteiger partial charge in [0.05, 0.1) is 6.04 Å². The van der Waals surface area contributed by atoms with Gasteiger partial charge in [-0.2, -0.15) is 0 Å². The molecule has 1 aromatic rings. The maximum atomic E-state index is 12.3. The molecule has 0 spiro atoms. The van der Waals surface area contributed by atoms with Gasteiger partial charge in [0.15, 0.2) is 0 Å². The lowest BCUT2D eigenvalue weighted by Gasteiger charge is -2.30. The van der Waals surface area contributed by atoms with Crippen LogP contribution < -0.4 is 0 Å². The SMILES string of the molecule is CC(C)(C)OC(=O)N1[C@@H](O)CC[C@H]1c1ccc(Br)cc1. The van der Waals surface area contributed by atoms with Crippen LogP contribution in [-0.4, -0.2) is 27.9 Å². The van der Waals surface area contributed by atoms with Crippen LogP contribution in [0.25, 0.3) is 0 Å². The Morgan fingerprint density at radius 1 is 1.30 bits per heavy atom. The number of benzene rings is 1. The lowest BCUT2D eigenvalue weighted by atomic mass is 10.1. The number of carbonyl (C=O) groups excluding carboxylic acids is 1. The summed E-state index contributed by atoms with van der Waals surface area (Å²) in [6.07, 6.45) is 0.0658. The molecular weight excluding hydrogens is 322 g/mol. The molecule has 1 amide bonds. The van der Waals surface area contributed by atoms with Gasteiger partial charge in [-0.1, -0.05) is 28.1 Å². The first kappa shape index (κ1) is 15.3. The molecule has 1 aliphatic rings. The van der Waals surface area contributed by atoms with Crippen molar-refractivity contribution in [2.75, 3.05) is 0 Å². The van der Waals surface area contributed by atoms with E-state index in [1.807, 2.05) is 45.0 Å². The number of aliphatic hydroxyl groups is 1. The summed E-state index contributed by atoms with van der Waals surface area (Å²) in [4.78, 5) is 13.7. The minimum Gasteiger partial charge on any atom is -0.444 e. The average molecular weight is 342 g/mol. The predicted molar refractivity (Wildman–Crippen MR) is 80.2 cm³/mol. The molecule has 1 fully saturated rings. The van der Waals surface area contributed by atoms with E-state index in [0.29, 0.717) is 6.42 Å². The van der Waals surface area contributed by atoms with Crippen LogP contribution >= 0.6 is 15.9 Å². The van der Waals surface area contributed by atoms with Gasteiger partial charge in [-0.3, -0.25) is 4.90 Å². The Kier molecular flexibility index (Phi) is 4.39. The fourth-order valence-corrected chi connectivity index (χ4v) is 2.63. The topological polar surface area (TPSA) is 49.8 Å². The first-order valence-electron chi connectivity index (χ1n) is 6.73.